The van der Waals surface area contributed by atoms with Gasteiger partial charge in [0.2, 0.25) is 5.91 Å². The van der Waals surface area contributed by atoms with Crippen LogP contribution in [0.5, 0.6) is 0 Å². The van der Waals surface area contributed by atoms with Crippen LogP contribution in [0.2, 0.25) is 0 Å². The van der Waals surface area contributed by atoms with Gasteiger partial charge in [-0.3, -0.25) is 4.79 Å². The molecule has 1 heterocycles. The first kappa shape index (κ1) is 9.90. The van der Waals surface area contributed by atoms with E-state index in [1.807, 2.05) is 0 Å². The average Bonchev–Trinajstić information content (AvgIpc) is 2.56. The predicted octanol–water partition coefficient (Wildman–Crippen LogP) is 0.601. The third-order valence-corrected chi connectivity index (χ3v) is 3.34. The van der Waals surface area contributed by atoms with E-state index in [2.05, 4.69) is 17.6 Å². The maximum absolute atomic E-state index is 12.9. The lowest BCUT2D eigenvalue weighted by molar-refractivity contribution is -0.127. The molecule has 1 saturated carbocycles. The molecular weight excluding hydrogens is 183 g/mol. The number of hydrogen-bond acceptors (Lipinski definition) is 2. The molecule has 14 heavy (non-hydrogen) atoms. The van der Waals surface area contributed by atoms with E-state index in [1.54, 1.807) is 6.92 Å². The Bertz CT molecular complexity index is 259. The molecule has 0 radical (unpaired) electrons. The lowest BCUT2D eigenvalue weighted by Gasteiger charge is -2.15. The van der Waals surface area contributed by atoms with Crippen molar-refractivity contribution >= 4 is 5.91 Å². The van der Waals surface area contributed by atoms with Crippen LogP contribution in [-0.2, 0) is 4.79 Å². The highest BCUT2D eigenvalue weighted by Gasteiger charge is 2.57. The highest BCUT2D eigenvalue weighted by Crippen LogP contribution is 2.48. The topological polar surface area (TPSA) is 41.1 Å². The van der Waals surface area contributed by atoms with Crippen molar-refractivity contribution in [3.05, 3.63) is 0 Å². The van der Waals surface area contributed by atoms with Crippen LogP contribution in [0.4, 0.5) is 4.39 Å². The highest BCUT2D eigenvalue weighted by atomic mass is 19.1. The molecule has 2 aliphatic rings. The van der Waals surface area contributed by atoms with Gasteiger partial charge in [0.25, 0.3) is 0 Å². The SMILES string of the molecule is CC1CC(NC(=O)C2(C)CC2F)CN1. The van der Waals surface area contributed by atoms with Crippen molar-refractivity contribution in [3.8, 4) is 0 Å². The van der Waals surface area contributed by atoms with Gasteiger partial charge < -0.3 is 10.6 Å². The standard InChI is InChI=1S/C10H17FN2O/c1-6-3-7(5-12-6)13-9(14)10(2)4-8(10)11/h6-8,12H,3-5H2,1-2H3,(H,13,14). The van der Waals surface area contributed by atoms with E-state index in [4.69, 9.17) is 0 Å². The molecule has 2 rings (SSSR count). The molecular formula is C10H17FN2O. The van der Waals surface area contributed by atoms with E-state index >= 15 is 0 Å². The number of alkyl halides is 1. The zero-order chi connectivity index (χ0) is 10.3. The Morgan fingerprint density at radius 3 is 2.71 bits per heavy atom. The Hall–Kier alpha value is -0.640. The summed E-state index contributed by atoms with van der Waals surface area (Å²) in [5, 5.41) is 6.15. The molecule has 4 unspecified atom stereocenters. The molecule has 2 N–H and O–H groups in total. The summed E-state index contributed by atoms with van der Waals surface area (Å²) in [7, 11) is 0. The van der Waals surface area contributed by atoms with Crippen LogP contribution in [0.15, 0.2) is 0 Å². The van der Waals surface area contributed by atoms with Gasteiger partial charge in [0.1, 0.15) is 6.17 Å². The van der Waals surface area contributed by atoms with Crippen LogP contribution in [0.1, 0.15) is 26.7 Å². The quantitative estimate of drug-likeness (QED) is 0.685. The monoisotopic (exact) mass is 200 g/mol. The number of hydrogen-bond donors (Lipinski definition) is 2. The number of nitrogens with one attached hydrogen (secondary N) is 2. The summed E-state index contributed by atoms with van der Waals surface area (Å²) in [5.41, 5.74) is -0.730. The number of amides is 1. The van der Waals surface area contributed by atoms with Crippen molar-refractivity contribution in [2.75, 3.05) is 6.54 Å². The van der Waals surface area contributed by atoms with Crippen molar-refractivity contribution in [2.45, 2.75) is 44.9 Å². The smallest absolute Gasteiger partial charge is 0.229 e. The van der Waals surface area contributed by atoms with Gasteiger partial charge in [0.15, 0.2) is 0 Å². The lowest BCUT2D eigenvalue weighted by Crippen LogP contribution is -2.40. The van der Waals surface area contributed by atoms with Gasteiger partial charge in [0.05, 0.1) is 5.41 Å². The van der Waals surface area contributed by atoms with Gasteiger partial charge in [0, 0.05) is 18.6 Å². The van der Waals surface area contributed by atoms with Crippen LogP contribution >= 0.6 is 0 Å². The fourth-order valence-corrected chi connectivity index (χ4v) is 1.95. The number of rotatable bonds is 2. The van der Waals surface area contributed by atoms with Crippen molar-refractivity contribution in [1.82, 2.24) is 10.6 Å². The van der Waals surface area contributed by atoms with Gasteiger partial charge in [-0.05, 0) is 26.7 Å². The Labute approximate surface area is 83.4 Å². The molecule has 2 fully saturated rings. The Morgan fingerprint density at radius 2 is 2.29 bits per heavy atom. The van der Waals surface area contributed by atoms with Crippen LogP contribution in [0.3, 0.4) is 0 Å². The molecule has 0 bridgehead atoms. The van der Waals surface area contributed by atoms with E-state index in [9.17, 15) is 9.18 Å². The van der Waals surface area contributed by atoms with Crippen LogP contribution < -0.4 is 10.6 Å². The first-order chi connectivity index (χ1) is 6.52. The summed E-state index contributed by atoms with van der Waals surface area (Å²) < 4.78 is 12.9. The molecule has 1 aliphatic heterocycles. The Morgan fingerprint density at radius 1 is 1.64 bits per heavy atom. The molecule has 1 aliphatic carbocycles. The Balaban J connectivity index is 1.84. The van der Waals surface area contributed by atoms with Gasteiger partial charge >= 0.3 is 0 Å². The molecule has 4 heteroatoms. The summed E-state index contributed by atoms with van der Waals surface area (Å²) in [6.45, 7) is 4.59. The molecule has 0 aromatic carbocycles. The third kappa shape index (κ3) is 1.63. The van der Waals surface area contributed by atoms with Gasteiger partial charge in [-0.1, -0.05) is 0 Å². The normalized spacial score (nSPS) is 46.4. The van der Waals surface area contributed by atoms with Crippen LogP contribution in [-0.4, -0.2) is 30.7 Å². The predicted molar refractivity (Wildman–Crippen MR) is 51.6 cm³/mol. The van der Waals surface area contributed by atoms with Crippen molar-refractivity contribution in [3.63, 3.8) is 0 Å². The first-order valence-corrected chi connectivity index (χ1v) is 5.21. The fraction of sp³-hybridized carbons (Fsp3) is 0.900. The molecule has 80 valence electrons. The minimum absolute atomic E-state index is 0.120. The number of carbonyl (C=O) groups is 1. The van der Waals surface area contributed by atoms with Crippen molar-refractivity contribution in [2.24, 2.45) is 5.41 Å². The zero-order valence-corrected chi connectivity index (χ0v) is 8.64. The van der Waals surface area contributed by atoms with E-state index < -0.39 is 11.6 Å². The van der Waals surface area contributed by atoms with E-state index in [0.717, 1.165) is 13.0 Å². The van der Waals surface area contributed by atoms with Gasteiger partial charge in [-0.25, -0.2) is 4.39 Å². The average molecular weight is 200 g/mol. The van der Waals surface area contributed by atoms with Crippen molar-refractivity contribution < 1.29 is 9.18 Å². The first-order valence-electron chi connectivity index (χ1n) is 5.21. The molecule has 1 amide bonds. The molecule has 0 aromatic heterocycles. The highest BCUT2D eigenvalue weighted by molar-refractivity contribution is 5.86. The second kappa shape index (κ2) is 3.19. The number of carbonyl (C=O) groups excluding carboxylic acids is 1. The van der Waals surface area contributed by atoms with Crippen LogP contribution in [0.25, 0.3) is 0 Å². The summed E-state index contributed by atoms with van der Waals surface area (Å²) in [5.74, 6) is -0.120. The van der Waals surface area contributed by atoms with Crippen LogP contribution in [0, 0.1) is 5.41 Å². The number of halogens is 1. The van der Waals surface area contributed by atoms with Crippen molar-refractivity contribution in [1.29, 1.82) is 0 Å². The van der Waals surface area contributed by atoms with E-state index in [0.29, 0.717) is 12.5 Å². The zero-order valence-electron chi connectivity index (χ0n) is 8.64. The summed E-state index contributed by atoms with van der Waals surface area (Å²) in [6, 6.07) is 0.635. The summed E-state index contributed by atoms with van der Waals surface area (Å²) >= 11 is 0. The fourth-order valence-electron chi connectivity index (χ4n) is 1.95. The lowest BCUT2D eigenvalue weighted by atomic mass is 10.1. The second-order valence-corrected chi connectivity index (χ2v) is 4.80. The Kier molecular flexibility index (Phi) is 2.26. The van der Waals surface area contributed by atoms with Gasteiger partial charge in [-0.15, -0.1) is 0 Å². The second-order valence-electron chi connectivity index (χ2n) is 4.80. The van der Waals surface area contributed by atoms with Gasteiger partial charge in [-0.2, -0.15) is 0 Å². The molecule has 4 atom stereocenters. The van der Waals surface area contributed by atoms with E-state index in [1.165, 1.54) is 0 Å². The molecule has 3 nitrogen and oxygen atoms in total. The maximum Gasteiger partial charge on any atom is 0.229 e. The minimum atomic E-state index is -0.936. The van der Waals surface area contributed by atoms with E-state index in [-0.39, 0.29) is 11.9 Å². The maximum atomic E-state index is 12.9. The molecule has 0 aromatic rings. The minimum Gasteiger partial charge on any atom is -0.351 e. The summed E-state index contributed by atoms with van der Waals surface area (Å²) in [6.07, 6.45) is 0.391. The summed E-state index contributed by atoms with van der Waals surface area (Å²) in [4.78, 5) is 11.6. The molecule has 0 spiro atoms. The third-order valence-electron chi connectivity index (χ3n) is 3.34. The molecule has 1 saturated heterocycles. The largest absolute Gasteiger partial charge is 0.351 e.